The van der Waals surface area contributed by atoms with E-state index in [2.05, 4.69) is 16.5 Å². The summed E-state index contributed by atoms with van der Waals surface area (Å²) in [5, 5.41) is 0. The minimum atomic E-state index is -0.668. The molecular weight excluding hydrogens is 134 g/mol. The van der Waals surface area contributed by atoms with E-state index in [-0.39, 0.29) is 5.82 Å². The van der Waals surface area contributed by atoms with Gasteiger partial charge in [-0.3, -0.25) is 9.97 Å². The molecule has 0 saturated heterocycles. The summed E-state index contributed by atoms with van der Waals surface area (Å²) in [6.45, 7) is 3.33. The highest BCUT2D eigenvalue weighted by Crippen LogP contribution is 1.77. The van der Waals surface area contributed by atoms with Crippen LogP contribution in [-0.4, -0.2) is 15.0 Å². The predicted octanol–water partition coefficient (Wildman–Crippen LogP) is -0.899. The summed E-state index contributed by atoms with van der Waals surface area (Å²) >= 11 is 0. The Labute approximate surface area is 55.5 Å². The SMILES string of the molecule is C=Cc1nc(=O)[nH]c(=O)[nH]1. The highest BCUT2D eigenvalue weighted by molar-refractivity contribution is 5.33. The second-order valence-electron chi connectivity index (χ2n) is 1.59. The van der Waals surface area contributed by atoms with E-state index in [9.17, 15) is 9.59 Å². The third kappa shape index (κ3) is 1.19. The van der Waals surface area contributed by atoms with Crippen molar-refractivity contribution in [2.45, 2.75) is 0 Å². The third-order valence-electron chi connectivity index (χ3n) is 0.877. The molecule has 0 aromatic carbocycles. The molecule has 0 aliphatic carbocycles. The zero-order chi connectivity index (χ0) is 7.56. The summed E-state index contributed by atoms with van der Waals surface area (Å²) in [7, 11) is 0. The van der Waals surface area contributed by atoms with E-state index < -0.39 is 11.4 Å². The minimum Gasteiger partial charge on any atom is -0.292 e. The van der Waals surface area contributed by atoms with Crippen molar-refractivity contribution in [3.05, 3.63) is 33.4 Å². The van der Waals surface area contributed by atoms with Gasteiger partial charge in [0.2, 0.25) is 0 Å². The normalized spacial score (nSPS) is 9.20. The van der Waals surface area contributed by atoms with Crippen LogP contribution < -0.4 is 11.4 Å². The molecule has 52 valence electrons. The lowest BCUT2D eigenvalue weighted by Crippen LogP contribution is -2.25. The quantitative estimate of drug-likeness (QED) is 0.529. The number of aromatic nitrogens is 3. The molecule has 1 aromatic rings. The molecule has 5 heteroatoms. The second kappa shape index (κ2) is 2.30. The molecule has 0 atom stereocenters. The molecule has 1 aromatic heterocycles. The standard InChI is InChI=1S/C5H5N3O2/c1-2-3-6-4(9)8-5(10)7-3/h2H,1H2,(H2,6,7,8,9,10). The Morgan fingerprint density at radius 2 is 2.10 bits per heavy atom. The zero-order valence-corrected chi connectivity index (χ0v) is 5.05. The molecule has 0 saturated carbocycles. The Kier molecular flexibility index (Phi) is 1.49. The van der Waals surface area contributed by atoms with Crippen LogP contribution in [0.3, 0.4) is 0 Å². The van der Waals surface area contributed by atoms with E-state index in [1.807, 2.05) is 4.98 Å². The van der Waals surface area contributed by atoms with Gasteiger partial charge >= 0.3 is 11.4 Å². The van der Waals surface area contributed by atoms with E-state index >= 15 is 0 Å². The molecule has 0 fully saturated rings. The molecular formula is C5H5N3O2. The third-order valence-corrected chi connectivity index (χ3v) is 0.877. The van der Waals surface area contributed by atoms with Gasteiger partial charge in [-0.15, -0.1) is 0 Å². The van der Waals surface area contributed by atoms with Crippen molar-refractivity contribution in [2.75, 3.05) is 0 Å². The van der Waals surface area contributed by atoms with E-state index in [1.165, 1.54) is 6.08 Å². The van der Waals surface area contributed by atoms with Crippen molar-refractivity contribution in [3.8, 4) is 0 Å². The maximum absolute atomic E-state index is 10.5. The first-order valence-electron chi connectivity index (χ1n) is 2.55. The van der Waals surface area contributed by atoms with Gasteiger partial charge < -0.3 is 0 Å². The molecule has 0 aliphatic heterocycles. The first-order valence-corrected chi connectivity index (χ1v) is 2.55. The fraction of sp³-hybridized carbons (Fsp3) is 0. The van der Waals surface area contributed by atoms with Gasteiger partial charge in [0, 0.05) is 0 Å². The Bertz CT molecular complexity index is 320. The van der Waals surface area contributed by atoms with Gasteiger partial charge in [-0.25, -0.2) is 9.59 Å². The van der Waals surface area contributed by atoms with Crippen LogP contribution in [0.1, 0.15) is 5.82 Å². The highest BCUT2D eigenvalue weighted by Gasteiger charge is 1.89. The fourth-order valence-corrected chi connectivity index (χ4v) is 0.507. The second-order valence-corrected chi connectivity index (χ2v) is 1.59. The molecule has 0 bridgehead atoms. The van der Waals surface area contributed by atoms with Crippen molar-refractivity contribution in [2.24, 2.45) is 0 Å². The Hall–Kier alpha value is -1.65. The highest BCUT2D eigenvalue weighted by atomic mass is 16.2. The van der Waals surface area contributed by atoms with Crippen molar-refractivity contribution in [3.63, 3.8) is 0 Å². The van der Waals surface area contributed by atoms with Crippen LogP contribution in [-0.2, 0) is 0 Å². The molecule has 2 N–H and O–H groups in total. The summed E-state index contributed by atoms with van der Waals surface area (Å²) in [5.41, 5.74) is -1.24. The molecule has 10 heavy (non-hydrogen) atoms. The molecule has 0 unspecified atom stereocenters. The van der Waals surface area contributed by atoms with Crippen LogP contribution >= 0.6 is 0 Å². The Morgan fingerprint density at radius 3 is 2.60 bits per heavy atom. The molecule has 0 spiro atoms. The lowest BCUT2D eigenvalue weighted by atomic mass is 10.6. The van der Waals surface area contributed by atoms with Crippen LogP contribution in [0.25, 0.3) is 6.08 Å². The summed E-state index contributed by atoms with van der Waals surface area (Å²) in [6.07, 6.45) is 1.29. The predicted molar refractivity (Wildman–Crippen MR) is 35.6 cm³/mol. The maximum Gasteiger partial charge on any atom is 0.350 e. The molecule has 1 rings (SSSR count). The van der Waals surface area contributed by atoms with Gasteiger partial charge in [-0.2, -0.15) is 4.98 Å². The van der Waals surface area contributed by atoms with Crippen molar-refractivity contribution in [1.82, 2.24) is 15.0 Å². The van der Waals surface area contributed by atoms with Gasteiger partial charge in [0.1, 0.15) is 5.82 Å². The van der Waals surface area contributed by atoms with Crippen LogP contribution in [0.15, 0.2) is 16.2 Å². The number of nitrogens with zero attached hydrogens (tertiary/aromatic N) is 1. The smallest absolute Gasteiger partial charge is 0.292 e. The Balaban J connectivity index is 3.46. The molecule has 1 heterocycles. The lowest BCUT2D eigenvalue weighted by molar-refractivity contribution is 0.919. The van der Waals surface area contributed by atoms with Crippen LogP contribution in [0.5, 0.6) is 0 Å². The maximum atomic E-state index is 10.5. The summed E-state index contributed by atoms with van der Waals surface area (Å²) in [4.78, 5) is 28.5. The summed E-state index contributed by atoms with van der Waals surface area (Å²) in [6, 6.07) is 0. The largest absolute Gasteiger partial charge is 0.350 e. The number of hydrogen-bond donors (Lipinski definition) is 2. The monoisotopic (exact) mass is 139 g/mol. The topological polar surface area (TPSA) is 78.6 Å². The van der Waals surface area contributed by atoms with Crippen molar-refractivity contribution in [1.29, 1.82) is 0 Å². The summed E-state index contributed by atoms with van der Waals surface area (Å²) in [5.74, 6) is 0.175. The lowest BCUT2D eigenvalue weighted by Gasteiger charge is -1.86. The first kappa shape index (κ1) is 6.47. The number of hydrogen-bond acceptors (Lipinski definition) is 3. The molecule has 0 aliphatic rings. The van der Waals surface area contributed by atoms with E-state index in [1.54, 1.807) is 0 Å². The number of H-pyrrole nitrogens is 2. The van der Waals surface area contributed by atoms with Gasteiger partial charge in [0.05, 0.1) is 0 Å². The van der Waals surface area contributed by atoms with Gasteiger partial charge in [0.15, 0.2) is 0 Å². The van der Waals surface area contributed by atoms with Crippen LogP contribution in [0.4, 0.5) is 0 Å². The summed E-state index contributed by atoms with van der Waals surface area (Å²) < 4.78 is 0. The molecule has 0 radical (unpaired) electrons. The average molecular weight is 139 g/mol. The van der Waals surface area contributed by atoms with Crippen molar-refractivity contribution < 1.29 is 0 Å². The first-order chi connectivity index (χ1) is 4.72. The van der Waals surface area contributed by atoms with E-state index in [0.717, 1.165) is 0 Å². The van der Waals surface area contributed by atoms with Gasteiger partial charge in [-0.1, -0.05) is 6.58 Å². The minimum absolute atomic E-state index is 0.175. The number of nitrogens with one attached hydrogen (secondary N) is 2. The van der Waals surface area contributed by atoms with Gasteiger partial charge in [0.25, 0.3) is 0 Å². The fourth-order valence-electron chi connectivity index (χ4n) is 0.507. The average Bonchev–Trinajstić information content (AvgIpc) is 1.85. The van der Waals surface area contributed by atoms with Crippen LogP contribution in [0.2, 0.25) is 0 Å². The van der Waals surface area contributed by atoms with Crippen LogP contribution in [0, 0.1) is 0 Å². The van der Waals surface area contributed by atoms with Gasteiger partial charge in [-0.05, 0) is 6.08 Å². The van der Waals surface area contributed by atoms with Crippen molar-refractivity contribution >= 4 is 6.08 Å². The Morgan fingerprint density at radius 1 is 1.40 bits per heavy atom. The number of aromatic amines is 2. The van der Waals surface area contributed by atoms with E-state index in [4.69, 9.17) is 0 Å². The van der Waals surface area contributed by atoms with E-state index in [0.29, 0.717) is 0 Å². The molecule has 5 nitrogen and oxygen atoms in total. The zero-order valence-electron chi connectivity index (χ0n) is 5.05. The molecule has 0 amide bonds. The number of rotatable bonds is 1.